The molecule has 0 aliphatic carbocycles. The summed E-state index contributed by atoms with van der Waals surface area (Å²) in [6.07, 6.45) is 5.00. The molecular formula is C40H48N2O6S. The SMILES string of the molecule is COc1cc(S(=O)(=O)N2CC(OCc3ccccc3)C[C@H]2C(=O)NC(CCCc2ccccc2)CCCc2ccccc2)cc(C)c1OC. The highest BCUT2D eigenvalue weighted by molar-refractivity contribution is 7.89. The molecule has 1 saturated heterocycles. The largest absolute Gasteiger partial charge is 0.493 e. The van der Waals surface area contributed by atoms with Crippen LogP contribution in [0.1, 0.15) is 54.4 Å². The van der Waals surface area contributed by atoms with E-state index in [1.807, 2.05) is 66.7 Å². The van der Waals surface area contributed by atoms with E-state index in [9.17, 15) is 13.2 Å². The van der Waals surface area contributed by atoms with Crippen molar-refractivity contribution in [2.45, 2.75) is 81.6 Å². The molecule has 8 nitrogen and oxygen atoms in total. The Bertz CT molecular complexity index is 1690. The van der Waals surface area contributed by atoms with Crippen molar-refractivity contribution in [2.24, 2.45) is 0 Å². The summed E-state index contributed by atoms with van der Waals surface area (Å²) in [6, 6.07) is 32.4. The van der Waals surface area contributed by atoms with Crippen LogP contribution >= 0.6 is 0 Å². The van der Waals surface area contributed by atoms with Gasteiger partial charge in [-0.2, -0.15) is 4.31 Å². The highest BCUT2D eigenvalue weighted by Crippen LogP contribution is 2.36. The normalized spacial score (nSPS) is 16.5. The second kappa shape index (κ2) is 17.5. The van der Waals surface area contributed by atoms with E-state index in [1.165, 1.54) is 35.7 Å². The summed E-state index contributed by atoms with van der Waals surface area (Å²) in [5.74, 6) is 0.487. The van der Waals surface area contributed by atoms with Gasteiger partial charge in [-0.1, -0.05) is 91.0 Å². The van der Waals surface area contributed by atoms with Crippen LogP contribution in [0.3, 0.4) is 0 Å². The Balaban J connectivity index is 1.36. The fraction of sp³-hybridized carbons (Fsp3) is 0.375. The van der Waals surface area contributed by atoms with Gasteiger partial charge in [-0.3, -0.25) is 4.79 Å². The quantitative estimate of drug-likeness (QED) is 0.130. The summed E-state index contributed by atoms with van der Waals surface area (Å²) in [5.41, 5.74) is 4.12. The molecule has 5 rings (SSSR count). The van der Waals surface area contributed by atoms with Crippen molar-refractivity contribution >= 4 is 15.9 Å². The second-order valence-corrected chi connectivity index (χ2v) is 14.6. The highest BCUT2D eigenvalue weighted by Gasteiger charge is 2.45. The van der Waals surface area contributed by atoms with E-state index < -0.39 is 22.2 Å². The maximum absolute atomic E-state index is 14.3. The van der Waals surface area contributed by atoms with E-state index in [1.54, 1.807) is 13.0 Å². The van der Waals surface area contributed by atoms with E-state index in [-0.39, 0.29) is 29.8 Å². The number of amides is 1. The third-order valence-electron chi connectivity index (χ3n) is 9.16. The Morgan fingerprint density at radius 2 is 1.37 bits per heavy atom. The predicted molar refractivity (Wildman–Crippen MR) is 192 cm³/mol. The molecule has 1 amide bonds. The molecule has 1 heterocycles. The monoisotopic (exact) mass is 684 g/mol. The van der Waals surface area contributed by atoms with Crippen LogP contribution in [-0.4, -0.2) is 57.6 Å². The number of sulfonamides is 1. The van der Waals surface area contributed by atoms with Crippen molar-refractivity contribution in [2.75, 3.05) is 20.8 Å². The number of rotatable bonds is 17. The van der Waals surface area contributed by atoms with Gasteiger partial charge in [0.1, 0.15) is 6.04 Å². The molecule has 260 valence electrons. The molecule has 1 aliphatic heterocycles. The van der Waals surface area contributed by atoms with Gasteiger partial charge >= 0.3 is 0 Å². The smallest absolute Gasteiger partial charge is 0.244 e. The molecule has 0 spiro atoms. The predicted octanol–water partition coefficient (Wildman–Crippen LogP) is 6.89. The topological polar surface area (TPSA) is 94.2 Å². The van der Waals surface area contributed by atoms with Crippen molar-refractivity contribution in [3.8, 4) is 11.5 Å². The van der Waals surface area contributed by atoms with Crippen molar-refractivity contribution in [3.63, 3.8) is 0 Å². The van der Waals surface area contributed by atoms with Gasteiger partial charge in [-0.25, -0.2) is 8.42 Å². The molecule has 0 bridgehead atoms. The Morgan fingerprint density at radius 1 is 0.816 bits per heavy atom. The molecule has 1 N–H and O–H groups in total. The van der Waals surface area contributed by atoms with Gasteiger partial charge in [0.15, 0.2) is 11.5 Å². The summed E-state index contributed by atoms with van der Waals surface area (Å²) >= 11 is 0. The molecule has 2 atom stereocenters. The fourth-order valence-electron chi connectivity index (χ4n) is 6.57. The number of benzene rings is 4. The number of methoxy groups -OCH3 is 2. The minimum atomic E-state index is -4.11. The number of carbonyl (C=O) groups is 1. The van der Waals surface area contributed by atoms with Crippen LogP contribution in [0.25, 0.3) is 0 Å². The number of hydrogen-bond donors (Lipinski definition) is 1. The number of ether oxygens (including phenoxy) is 3. The highest BCUT2D eigenvalue weighted by atomic mass is 32.2. The van der Waals surface area contributed by atoms with Gasteiger partial charge in [0, 0.05) is 25.1 Å². The molecule has 0 radical (unpaired) electrons. The van der Waals surface area contributed by atoms with Crippen LogP contribution in [0.2, 0.25) is 0 Å². The zero-order valence-electron chi connectivity index (χ0n) is 28.7. The van der Waals surface area contributed by atoms with E-state index >= 15 is 0 Å². The number of hydrogen-bond acceptors (Lipinski definition) is 6. The van der Waals surface area contributed by atoms with Gasteiger partial charge < -0.3 is 19.5 Å². The number of carbonyl (C=O) groups excluding carboxylic acids is 1. The molecule has 9 heteroatoms. The zero-order valence-corrected chi connectivity index (χ0v) is 29.5. The molecule has 1 aliphatic rings. The van der Waals surface area contributed by atoms with Crippen LogP contribution in [0.15, 0.2) is 108 Å². The van der Waals surface area contributed by atoms with Crippen LogP contribution in [-0.2, 0) is 39.0 Å². The Morgan fingerprint density at radius 3 is 1.90 bits per heavy atom. The van der Waals surface area contributed by atoms with Crippen LogP contribution < -0.4 is 14.8 Å². The van der Waals surface area contributed by atoms with Gasteiger partial charge in [0.05, 0.1) is 31.8 Å². The van der Waals surface area contributed by atoms with Crippen molar-refractivity contribution in [3.05, 3.63) is 125 Å². The lowest BCUT2D eigenvalue weighted by Crippen LogP contribution is -2.48. The van der Waals surface area contributed by atoms with Crippen molar-refractivity contribution in [1.82, 2.24) is 9.62 Å². The van der Waals surface area contributed by atoms with Gasteiger partial charge in [-0.05, 0) is 73.8 Å². The molecular weight excluding hydrogens is 637 g/mol. The molecule has 1 fully saturated rings. The molecule has 4 aromatic rings. The maximum atomic E-state index is 14.3. The summed E-state index contributed by atoms with van der Waals surface area (Å²) in [7, 11) is -1.12. The average molecular weight is 685 g/mol. The van der Waals surface area contributed by atoms with E-state index in [4.69, 9.17) is 14.2 Å². The summed E-state index contributed by atoms with van der Waals surface area (Å²) in [4.78, 5) is 14.3. The number of aryl methyl sites for hydroxylation is 3. The van der Waals surface area contributed by atoms with Crippen molar-refractivity contribution in [1.29, 1.82) is 0 Å². The van der Waals surface area contributed by atoms with Gasteiger partial charge in [-0.15, -0.1) is 0 Å². The lowest BCUT2D eigenvalue weighted by Gasteiger charge is -2.26. The lowest BCUT2D eigenvalue weighted by atomic mass is 9.98. The maximum Gasteiger partial charge on any atom is 0.244 e. The zero-order chi connectivity index (χ0) is 34.6. The summed E-state index contributed by atoms with van der Waals surface area (Å²) < 4.78 is 47.1. The molecule has 0 aromatic heterocycles. The Kier molecular flexibility index (Phi) is 12.9. The molecule has 0 saturated carbocycles. The first-order chi connectivity index (χ1) is 23.8. The molecule has 1 unspecified atom stereocenters. The van der Waals surface area contributed by atoms with Gasteiger partial charge in [0.2, 0.25) is 15.9 Å². The standard InChI is InChI=1S/C40H48N2O6S/c1-30-25-36(27-38(46-2)39(30)47-3)49(44,45)42-28-35(48-29-33-19-11-6-12-20-33)26-37(42)40(43)41-34(23-13-21-31-15-7-4-8-16-31)24-14-22-32-17-9-5-10-18-32/h4-12,15-20,25,27,34-35,37H,13-14,21-24,26,28-29H2,1-3H3,(H,41,43)/t35?,37-/m0/s1. The second-order valence-electron chi connectivity index (χ2n) is 12.7. The first-order valence-electron chi connectivity index (χ1n) is 17.1. The van der Waals surface area contributed by atoms with E-state index in [2.05, 4.69) is 29.6 Å². The Labute approximate surface area is 291 Å². The Hall–Kier alpha value is -4.18. The number of nitrogens with zero attached hydrogens (tertiary/aromatic N) is 1. The third kappa shape index (κ3) is 9.71. The van der Waals surface area contributed by atoms with Crippen molar-refractivity contribution < 1.29 is 27.4 Å². The lowest BCUT2D eigenvalue weighted by molar-refractivity contribution is -0.125. The summed E-state index contributed by atoms with van der Waals surface area (Å²) in [6.45, 7) is 2.16. The molecule has 49 heavy (non-hydrogen) atoms. The van der Waals surface area contributed by atoms with Crippen LogP contribution in [0.5, 0.6) is 11.5 Å². The minimum absolute atomic E-state index is 0.0476. The molecule has 4 aromatic carbocycles. The van der Waals surface area contributed by atoms with Gasteiger partial charge in [0.25, 0.3) is 0 Å². The number of nitrogens with one attached hydrogen (secondary N) is 1. The first kappa shape index (κ1) is 36.1. The summed E-state index contributed by atoms with van der Waals surface area (Å²) in [5, 5.41) is 3.29. The average Bonchev–Trinajstić information content (AvgIpc) is 3.57. The fourth-order valence-corrected chi connectivity index (χ4v) is 8.30. The van der Waals surface area contributed by atoms with Crippen LogP contribution in [0, 0.1) is 6.92 Å². The third-order valence-corrected chi connectivity index (χ3v) is 11.0. The minimum Gasteiger partial charge on any atom is -0.493 e. The van der Waals surface area contributed by atoms with E-state index in [0.717, 1.165) is 44.1 Å². The van der Waals surface area contributed by atoms with E-state index in [0.29, 0.717) is 23.7 Å². The van der Waals surface area contributed by atoms with Crippen LogP contribution in [0.4, 0.5) is 0 Å². The first-order valence-corrected chi connectivity index (χ1v) is 18.5.